The molecule has 3 nitrogen and oxygen atoms in total. The van der Waals surface area contributed by atoms with Gasteiger partial charge in [-0.15, -0.1) is 0 Å². The second kappa shape index (κ2) is 5.95. The topological polar surface area (TPSA) is 34.9 Å². The summed E-state index contributed by atoms with van der Waals surface area (Å²) in [6.07, 6.45) is 2.31. The van der Waals surface area contributed by atoms with Crippen molar-refractivity contribution < 1.29 is 4.79 Å². The second-order valence-corrected chi connectivity index (χ2v) is 5.19. The molecule has 1 aromatic heterocycles. The van der Waals surface area contributed by atoms with Crippen LogP contribution in [0.15, 0.2) is 24.4 Å². The van der Waals surface area contributed by atoms with Crippen molar-refractivity contribution in [2.45, 2.75) is 19.9 Å². The van der Waals surface area contributed by atoms with Gasteiger partial charge in [0.15, 0.2) is 0 Å². The first-order valence-corrected chi connectivity index (χ1v) is 6.89. The molecule has 2 aromatic rings. The standard InChI is InChI=1S/C13H11Cl3N2O/c1-2-6-18-12(10(15)7-17-18)13(19)8-4-3-5-9(14)11(8)16/h3-5,7H,2,6H2,1H3. The number of carbonyl (C=O) groups is 1. The summed E-state index contributed by atoms with van der Waals surface area (Å²) in [5.74, 6) is -0.275. The fourth-order valence-corrected chi connectivity index (χ4v) is 2.39. The lowest BCUT2D eigenvalue weighted by atomic mass is 10.1. The molecule has 0 unspecified atom stereocenters. The Morgan fingerprint density at radius 1 is 1.26 bits per heavy atom. The van der Waals surface area contributed by atoms with E-state index in [-0.39, 0.29) is 10.8 Å². The highest BCUT2D eigenvalue weighted by molar-refractivity contribution is 6.44. The van der Waals surface area contributed by atoms with Crippen LogP contribution in [-0.4, -0.2) is 15.6 Å². The first-order chi connectivity index (χ1) is 9.06. The molecule has 0 saturated carbocycles. The Balaban J connectivity index is 2.50. The third-order valence-electron chi connectivity index (χ3n) is 2.64. The van der Waals surface area contributed by atoms with E-state index in [0.717, 1.165) is 6.42 Å². The third-order valence-corrected chi connectivity index (χ3v) is 3.74. The van der Waals surface area contributed by atoms with Gasteiger partial charge in [-0.05, 0) is 18.6 Å². The summed E-state index contributed by atoms with van der Waals surface area (Å²) < 4.78 is 1.59. The van der Waals surface area contributed by atoms with Gasteiger partial charge in [0.2, 0.25) is 5.78 Å². The lowest BCUT2D eigenvalue weighted by Crippen LogP contribution is -2.12. The molecule has 2 rings (SSSR count). The van der Waals surface area contributed by atoms with Gasteiger partial charge in [-0.3, -0.25) is 9.48 Å². The normalized spacial score (nSPS) is 10.7. The van der Waals surface area contributed by atoms with E-state index in [0.29, 0.717) is 27.8 Å². The van der Waals surface area contributed by atoms with Crippen molar-refractivity contribution in [1.82, 2.24) is 9.78 Å². The highest BCUT2D eigenvalue weighted by atomic mass is 35.5. The number of aromatic nitrogens is 2. The molecule has 0 fully saturated rings. The van der Waals surface area contributed by atoms with Gasteiger partial charge in [0.1, 0.15) is 5.69 Å². The average Bonchev–Trinajstić information content (AvgIpc) is 2.74. The van der Waals surface area contributed by atoms with Gasteiger partial charge < -0.3 is 0 Å². The van der Waals surface area contributed by atoms with Crippen LogP contribution in [0.3, 0.4) is 0 Å². The summed E-state index contributed by atoms with van der Waals surface area (Å²) in [6.45, 7) is 2.61. The molecule has 0 spiro atoms. The van der Waals surface area contributed by atoms with E-state index in [1.165, 1.54) is 6.20 Å². The first kappa shape index (κ1) is 14.4. The van der Waals surface area contributed by atoms with Crippen LogP contribution in [0.4, 0.5) is 0 Å². The van der Waals surface area contributed by atoms with E-state index >= 15 is 0 Å². The molecule has 0 aliphatic rings. The fraction of sp³-hybridized carbons (Fsp3) is 0.231. The van der Waals surface area contributed by atoms with Gasteiger partial charge in [-0.2, -0.15) is 5.10 Å². The van der Waals surface area contributed by atoms with Crippen molar-refractivity contribution in [2.24, 2.45) is 0 Å². The minimum atomic E-state index is -0.275. The molecular formula is C13H11Cl3N2O. The Labute approximate surface area is 126 Å². The van der Waals surface area contributed by atoms with Crippen molar-refractivity contribution in [1.29, 1.82) is 0 Å². The van der Waals surface area contributed by atoms with Crippen LogP contribution in [0.1, 0.15) is 29.4 Å². The van der Waals surface area contributed by atoms with Gasteiger partial charge in [0.25, 0.3) is 0 Å². The van der Waals surface area contributed by atoms with Gasteiger partial charge >= 0.3 is 0 Å². The van der Waals surface area contributed by atoms with Gasteiger partial charge in [0.05, 0.1) is 21.3 Å². The molecular weight excluding hydrogens is 307 g/mol. The summed E-state index contributed by atoms with van der Waals surface area (Å²) in [7, 11) is 0. The van der Waals surface area contributed by atoms with E-state index in [2.05, 4.69) is 5.10 Å². The molecule has 0 N–H and O–H groups in total. The van der Waals surface area contributed by atoms with Crippen LogP contribution in [-0.2, 0) is 6.54 Å². The van der Waals surface area contributed by atoms with Crippen LogP contribution in [0.2, 0.25) is 15.1 Å². The molecule has 0 aliphatic carbocycles. The Kier molecular flexibility index (Phi) is 4.50. The first-order valence-electron chi connectivity index (χ1n) is 5.76. The summed E-state index contributed by atoms with van der Waals surface area (Å²) in [4.78, 5) is 12.5. The quantitative estimate of drug-likeness (QED) is 0.779. The van der Waals surface area contributed by atoms with Crippen LogP contribution in [0, 0.1) is 0 Å². The summed E-state index contributed by atoms with van der Waals surface area (Å²) in [6, 6.07) is 4.93. The number of hydrogen-bond donors (Lipinski definition) is 0. The monoisotopic (exact) mass is 316 g/mol. The SMILES string of the molecule is CCCn1ncc(Cl)c1C(=O)c1cccc(Cl)c1Cl. The maximum absolute atomic E-state index is 12.5. The number of nitrogens with zero attached hydrogens (tertiary/aromatic N) is 2. The van der Waals surface area contributed by atoms with Crippen molar-refractivity contribution in [3.63, 3.8) is 0 Å². The number of halogens is 3. The molecule has 0 aliphatic heterocycles. The number of ketones is 1. The number of hydrogen-bond acceptors (Lipinski definition) is 2. The summed E-state index contributed by atoms with van der Waals surface area (Å²) >= 11 is 18.0. The highest BCUT2D eigenvalue weighted by Gasteiger charge is 2.21. The zero-order valence-corrected chi connectivity index (χ0v) is 12.4. The molecule has 1 heterocycles. The third kappa shape index (κ3) is 2.78. The zero-order valence-electron chi connectivity index (χ0n) is 10.2. The van der Waals surface area contributed by atoms with E-state index in [1.807, 2.05) is 6.92 Å². The maximum atomic E-state index is 12.5. The van der Waals surface area contributed by atoms with Gasteiger partial charge in [0, 0.05) is 12.1 Å². The van der Waals surface area contributed by atoms with E-state index in [1.54, 1.807) is 22.9 Å². The lowest BCUT2D eigenvalue weighted by molar-refractivity contribution is 0.102. The predicted molar refractivity (Wildman–Crippen MR) is 77.4 cm³/mol. The summed E-state index contributed by atoms with van der Waals surface area (Å²) in [5, 5.41) is 4.98. The number of carbonyl (C=O) groups excluding carboxylic acids is 1. The van der Waals surface area contributed by atoms with Gasteiger partial charge in [-0.25, -0.2) is 0 Å². The molecule has 0 saturated heterocycles. The smallest absolute Gasteiger partial charge is 0.214 e. The van der Waals surface area contributed by atoms with Crippen LogP contribution < -0.4 is 0 Å². The Morgan fingerprint density at radius 3 is 2.68 bits per heavy atom. The average molecular weight is 318 g/mol. The van der Waals surface area contributed by atoms with E-state index < -0.39 is 0 Å². The van der Waals surface area contributed by atoms with Gasteiger partial charge in [-0.1, -0.05) is 47.8 Å². The lowest BCUT2D eigenvalue weighted by Gasteiger charge is -2.08. The molecule has 1 aromatic carbocycles. The number of benzene rings is 1. The second-order valence-electron chi connectivity index (χ2n) is 3.99. The summed E-state index contributed by atoms with van der Waals surface area (Å²) in [5.41, 5.74) is 0.668. The van der Waals surface area contributed by atoms with E-state index in [9.17, 15) is 4.79 Å². The Morgan fingerprint density at radius 2 is 2.00 bits per heavy atom. The molecule has 0 radical (unpaired) electrons. The Bertz CT molecular complexity index is 622. The zero-order chi connectivity index (χ0) is 14.0. The highest BCUT2D eigenvalue weighted by Crippen LogP contribution is 2.29. The van der Waals surface area contributed by atoms with Crippen LogP contribution >= 0.6 is 34.8 Å². The number of aryl methyl sites for hydroxylation is 1. The van der Waals surface area contributed by atoms with Crippen LogP contribution in [0.25, 0.3) is 0 Å². The molecule has 0 atom stereocenters. The van der Waals surface area contributed by atoms with Crippen molar-refractivity contribution in [3.8, 4) is 0 Å². The molecule has 6 heteroatoms. The fourth-order valence-electron chi connectivity index (χ4n) is 1.78. The largest absolute Gasteiger partial charge is 0.287 e. The molecule has 0 amide bonds. The molecule has 19 heavy (non-hydrogen) atoms. The minimum absolute atomic E-state index is 0.231. The minimum Gasteiger partial charge on any atom is -0.287 e. The van der Waals surface area contributed by atoms with E-state index in [4.69, 9.17) is 34.8 Å². The van der Waals surface area contributed by atoms with Crippen molar-refractivity contribution in [3.05, 3.63) is 50.7 Å². The van der Waals surface area contributed by atoms with Crippen molar-refractivity contribution >= 4 is 40.6 Å². The maximum Gasteiger partial charge on any atom is 0.214 e. The molecule has 100 valence electrons. The molecule has 0 bridgehead atoms. The Hall–Kier alpha value is -1.03. The number of rotatable bonds is 4. The van der Waals surface area contributed by atoms with Crippen LogP contribution in [0.5, 0.6) is 0 Å². The predicted octanol–water partition coefficient (Wildman–Crippen LogP) is 4.48. The van der Waals surface area contributed by atoms with Crippen molar-refractivity contribution in [2.75, 3.05) is 0 Å².